The maximum Gasteiger partial charge on any atom is 0.161 e. The van der Waals surface area contributed by atoms with Crippen LogP contribution in [-0.4, -0.2) is 17.1 Å². The normalized spacial score (nSPS) is 10.8. The summed E-state index contributed by atoms with van der Waals surface area (Å²) in [4.78, 5) is 8.81. The van der Waals surface area contributed by atoms with Gasteiger partial charge < -0.3 is 4.74 Å². The molecule has 1 heterocycles. The van der Waals surface area contributed by atoms with Crippen LogP contribution in [0.2, 0.25) is 5.15 Å². The lowest BCUT2D eigenvalue weighted by Crippen LogP contribution is -2.00. The van der Waals surface area contributed by atoms with Crippen molar-refractivity contribution in [3.63, 3.8) is 0 Å². The molecule has 6 heteroatoms. The Labute approximate surface area is 133 Å². The highest BCUT2D eigenvalue weighted by atomic mass is 79.9. The Kier molecular flexibility index (Phi) is 4.95. The molecule has 3 nitrogen and oxygen atoms in total. The molecular formula is C13H11Br2ClN2O. The van der Waals surface area contributed by atoms with E-state index in [4.69, 9.17) is 16.3 Å². The number of halogens is 3. The molecule has 0 bridgehead atoms. The summed E-state index contributed by atoms with van der Waals surface area (Å²) in [6.07, 6.45) is 0. The summed E-state index contributed by atoms with van der Waals surface area (Å²) < 4.78 is 6.82. The maximum absolute atomic E-state index is 6.13. The van der Waals surface area contributed by atoms with Crippen LogP contribution in [-0.2, 0) is 11.3 Å². The van der Waals surface area contributed by atoms with Crippen LogP contribution in [0.4, 0.5) is 0 Å². The molecule has 0 aliphatic heterocycles. The van der Waals surface area contributed by atoms with Gasteiger partial charge in [-0.25, -0.2) is 9.97 Å². The van der Waals surface area contributed by atoms with Gasteiger partial charge in [0.15, 0.2) is 5.82 Å². The van der Waals surface area contributed by atoms with Crippen LogP contribution >= 0.6 is 43.5 Å². The second-order valence-electron chi connectivity index (χ2n) is 3.99. The van der Waals surface area contributed by atoms with Gasteiger partial charge in [-0.2, -0.15) is 0 Å². The Bertz CT molecular complexity index is 620. The van der Waals surface area contributed by atoms with Gasteiger partial charge in [0.25, 0.3) is 0 Å². The lowest BCUT2D eigenvalue weighted by Gasteiger charge is -2.09. The third kappa shape index (κ3) is 3.34. The Morgan fingerprint density at radius 2 is 2.00 bits per heavy atom. The van der Waals surface area contributed by atoms with Crippen LogP contribution in [0.15, 0.2) is 27.1 Å². The maximum atomic E-state index is 6.13. The molecule has 1 aromatic heterocycles. The van der Waals surface area contributed by atoms with Crippen molar-refractivity contribution >= 4 is 43.5 Å². The van der Waals surface area contributed by atoms with Crippen LogP contribution in [0.5, 0.6) is 0 Å². The zero-order chi connectivity index (χ0) is 14.0. The molecule has 0 spiro atoms. The standard InChI is InChI=1S/C13H11Br2ClN2O/c1-7-5-8(14)3-4-9(7)13-17-10(6-19-2)11(15)12(16)18-13/h3-5H,6H2,1-2H3. The quantitative estimate of drug-likeness (QED) is 0.689. The van der Waals surface area contributed by atoms with Gasteiger partial charge in [-0.3, -0.25) is 0 Å². The molecule has 100 valence electrons. The van der Waals surface area contributed by atoms with Crippen molar-refractivity contribution in [1.29, 1.82) is 0 Å². The Morgan fingerprint density at radius 3 is 2.63 bits per heavy atom. The second kappa shape index (κ2) is 6.31. The molecule has 2 aromatic rings. The van der Waals surface area contributed by atoms with Gasteiger partial charge in [0.2, 0.25) is 0 Å². The Hall–Kier alpha value is -0.490. The van der Waals surface area contributed by atoms with E-state index in [1.807, 2.05) is 25.1 Å². The monoisotopic (exact) mass is 404 g/mol. The zero-order valence-corrected chi connectivity index (χ0v) is 14.3. The molecular weight excluding hydrogens is 395 g/mol. The number of hydrogen-bond donors (Lipinski definition) is 0. The smallest absolute Gasteiger partial charge is 0.161 e. The number of methoxy groups -OCH3 is 1. The number of ether oxygens (including phenoxy) is 1. The van der Waals surface area contributed by atoms with Gasteiger partial charge in [-0.1, -0.05) is 27.5 Å². The highest BCUT2D eigenvalue weighted by Crippen LogP contribution is 2.29. The number of nitrogens with zero attached hydrogens (tertiary/aromatic N) is 2. The summed E-state index contributed by atoms with van der Waals surface area (Å²) in [5, 5.41) is 0.388. The van der Waals surface area contributed by atoms with E-state index in [2.05, 4.69) is 41.8 Å². The number of aryl methyl sites for hydroxylation is 1. The van der Waals surface area contributed by atoms with Crippen molar-refractivity contribution in [2.75, 3.05) is 7.11 Å². The lowest BCUT2D eigenvalue weighted by molar-refractivity contribution is 0.181. The number of benzene rings is 1. The van der Waals surface area contributed by atoms with Gasteiger partial charge in [0, 0.05) is 17.1 Å². The molecule has 0 unspecified atom stereocenters. The molecule has 1 aromatic carbocycles. The summed E-state index contributed by atoms with van der Waals surface area (Å²) in [7, 11) is 1.62. The Morgan fingerprint density at radius 1 is 1.26 bits per heavy atom. The largest absolute Gasteiger partial charge is 0.378 e. The van der Waals surface area contributed by atoms with Crippen LogP contribution in [0.3, 0.4) is 0 Å². The lowest BCUT2D eigenvalue weighted by atomic mass is 10.1. The summed E-state index contributed by atoms with van der Waals surface area (Å²) in [5.41, 5.74) is 2.77. The summed E-state index contributed by atoms with van der Waals surface area (Å²) >= 11 is 12.9. The van der Waals surface area contributed by atoms with E-state index in [9.17, 15) is 0 Å². The summed E-state index contributed by atoms with van der Waals surface area (Å²) in [5.74, 6) is 0.602. The highest BCUT2D eigenvalue weighted by Gasteiger charge is 2.13. The van der Waals surface area contributed by atoms with E-state index in [-0.39, 0.29) is 0 Å². The fourth-order valence-electron chi connectivity index (χ4n) is 1.69. The average Bonchev–Trinajstić information content (AvgIpc) is 2.35. The van der Waals surface area contributed by atoms with Gasteiger partial charge in [-0.05, 0) is 46.6 Å². The van der Waals surface area contributed by atoms with E-state index in [1.165, 1.54) is 0 Å². The van der Waals surface area contributed by atoms with E-state index in [0.717, 1.165) is 21.3 Å². The summed E-state index contributed by atoms with van der Waals surface area (Å²) in [6.45, 7) is 2.39. The van der Waals surface area contributed by atoms with Crippen LogP contribution in [0.25, 0.3) is 11.4 Å². The molecule has 2 rings (SSSR count). The van der Waals surface area contributed by atoms with E-state index in [1.54, 1.807) is 7.11 Å². The molecule has 0 aliphatic carbocycles. The van der Waals surface area contributed by atoms with Crippen LogP contribution in [0, 0.1) is 6.92 Å². The number of rotatable bonds is 3. The van der Waals surface area contributed by atoms with Gasteiger partial charge in [-0.15, -0.1) is 0 Å². The van der Waals surface area contributed by atoms with Gasteiger partial charge in [0.05, 0.1) is 16.8 Å². The second-order valence-corrected chi connectivity index (χ2v) is 6.06. The molecule has 0 aliphatic rings. The van der Waals surface area contributed by atoms with E-state index < -0.39 is 0 Å². The molecule has 19 heavy (non-hydrogen) atoms. The highest BCUT2D eigenvalue weighted by molar-refractivity contribution is 9.10. The predicted molar refractivity (Wildman–Crippen MR) is 83.3 cm³/mol. The van der Waals surface area contributed by atoms with Crippen molar-refractivity contribution < 1.29 is 4.74 Å². The molecule has 0 atom stereocenters. The van der Waals surface area contributed by atoms with Gasteiger partial charge in [0.1, 0.15) is 5.15 Å². The minimum absolute atomic E-state index is 0.380. The SMILES string of the molecule is COCc1nc(-c2ccc(Br)cc2C)nc(Cl)c1Br. The van der Waals surface area contributed by atoms with Crippen molar-refractivity contribution in [2.45, 2.75) is 13.5 Å². The van der Waals surface area contributed by atoms with E-state index in [0.29, 0.717) is 22.1 Å². The zero-order valence-electron chi connectivity index (χ0n) is 10.4. The first-order valence-electron chi connectivity index (χ1n) is 5.50. The third-order valence-electron chi connectivity index (χ3n) is 2.59. The third-order valence-corrected chi connectivity index (χ3v) is 4.42. The molecule has 0 fully saturated rings. The molecule has 0 radical (unpaired) electrons. The first kappa shape index (κ1) is 14.9. The van der Waals surface area contributed by atoms with Crippen molar-refractivity contribution in [2.24, 2.45) is 0 Å². The fourth-order valence-corrected chi connectivity index (χ4v) is 2.65. The summed E-state index contributed by atoms with van der Waals surface area (Å²) in [6, 6.07) is 5.94. The van der Waals surface area contributed by atoms with Gasteiger partial charge >= 0.3 is 0 Å². The van der Waals surface area contributed by atoms with Crippen molar-refractivity contribution in [3.8, 4) is 11.4 Å². The van der Waals surface area contributed by atoms with Crippen LogP contribution < -0.4 is 0 Å². The first-order chi connectivity index (χ1) is 9.02. The Balaban J connectivity index is 2.56. The minimum Gasteiger partial charge on any atom is -0.378 e. The van der Waals surface area contributed by atoms with Crippen molar-refractivity contribution in [1.82, 2.24) is 9.97 Å². The van der Waals surface area contributed by atoms with Crippen molar-refractivity contribution in [3.05, 3.63) is 43.6 Å². The predicted octanol–water partition coefficient (Wildman–Crippen LogP) is 4.78. The topological polar surface area (TPSA) is 35.0 Å². The first-order valence-corrected chi connectivity index (χ1v) is 7.46. The average molecular weight is 407 g/mol. The molecule has 0 N–H and O–H groups in total. The molecule has 0 amide bonds. The fraction of sp³-hybridized carbons (Fsp3) is 0.231. The molecule has 0 saturated heterocycles. The number of hydrogen-bond acceptors (Lipinski definition) is 3. The number of aromatic nitrogens is 2. The minimum atomic E-state index is 0.380. The molecule has 0 saturated carbocycles. The van der Waals surface area contributed by atoms with E-state index >= 15 is 0 Å². The van der Waals surface area contributed by atoms with Crippen LogP contribution in [0.1, 0.15) is 11.3 Å².